The van der Waals surface area contributed by atoms with Crippen LogP contribution in [-0.2, 0) is 9.53 Å². The summed E-state index contributed by atoms with van der Waals surface area (Å²) in [5, 5.41) is 0. The summed E-state index contributed by atoms with van der Waals surface area (Å²) in [4.78, 5) is 14.7. The van der Waals surface area contributed by atoms with Gasteiger partial charge in [-0.2, -0.15) is 0 Å². The largest absolute Gasteiger partial charge is 0.461 e. The van der Waals surface area contributed by atoms with Crippen LogP contribution in [0.5, 0.6) is 0 Å². The molecule has 0 amide bonds. The van der Waals surface area contributed by atoms with Crippen LogP contribution < -0.4 is 0 Å². The Kier molecular flexibility index (Phi) is 4.27. The molecule has 0 aromatic carbocycles. The van der Waals surface area contributed by atoms with Gasteiger partial charge in [-0.05, 0) is 88.6 Å². The molecular weight excluding hydrogens is 413 g/mol. The molecule has 0 unspecified atom stereocenters. The van der Waals surface area contributed by atoms with Crippen LogP contribution in [0.25, 0.3) is 0 Å². The molecule has 3 nitrogen and oxygen atoms in total. The molecule has 3 aliphatic carbocycles. The van der Waals surface area contributed by atoms with Gasteiger partial charge in [-0.25, -0.2) is 0 Å². The fourth-order valence-electron chi connectivity index (χ4n) is 5.29. The summed E-state index contributed by atoms with van der Waals surface area (Å²) in [5.41, 5.74) is 1.24. The van der Waals surface area contributed by atoms with Gasteiger partial charge in [0.05, 0.1) is 9.34 Å². The SMILES string of the molecule is CN(C)C[C@@H]1C(=O)O[C@@H]2C[C@@H](CCC3(C)CC3)C3(CC3)CC[C@@]12I. The van der Waals surface area contributed by atoms with Crippen molar-refractivity contribution < 1.29 is 9.53 Å². The summed E-state index contributed by atoms with van der Waals surface area (Å²) in [7, 11) is 4.14. The van der Waals surface area contributed by atoms with Gasteiger partial charge in [0.1, 0.15) is 6.10 Å². The van der Waals surface area contributed by atoms with Crippen LogP contribution in [0.4, 0.5) is 0 Å². The van der Waals surface area contributed by atoms with E-state index in [4.69, 9.17) is 4.74 Å². The molecule has 4 atom stereocenters. The van der Waals surface area contributed by atoms with E-state index in [0.717, 1.165) is 25.3 Å². The van der Waals surface area contributed by atoms with Crippen molar-refractivity contribution in [2.45, 2.75) is 74.2 Å². The molecule has 0 N–H and O–H groups in total. The number of carbonyl (C=O) groups excluding carboxylic acids is 1. The van der Waals surface area contributed by atoms with Crippen LogP contribution >= 0.6 is 22.6 Å². The number of nitrogens with zero attached hydrogens (tertiary/aromatic N) is 1. The van der Waals surface area contributed by atoms with Crippen molar-refractivity contribution in [1.29, 1.82) is 0 Å². The highest BCUT2D eigenvalue weighted by Crippen LogP contribution is 2.65. The van der Waals surface area contributed by atoms with E-state index in [2.05, 4.69) is 48.5 Å². The molecule has 24 heavy (non-hydrogen) atoms. The van der Waals surface area contributed by atoms with Crippen molar-refractivity contribution in [3.05, 3.63) is 0 Å². The molecule has 0 aromatic heterocycles. The summed E-state index contributed by atoms with van der Waals surface area (Å²) >= 11 is 2.62. The first-order valence-corrected chi connectivity index (χ1v) is 10.9. The van der Waals surface area contributed by atoms with Crippen molar-refractivity contribution in [1.82, 2.24) is 4.90 Å². The van der Waals surface area contributed by atoms with Crippen LogP contribution in [0.15, 0.2) is 0 Å². The van der Waals surface area contributed by atoms with Crippen LogP contribution in [0.1, 0.15) is 64.7 Å². The molecule has 3 saturated carbocycles. The van der Waals surface area contributed by atoms with Crippen LogP contribution in [0, 0.1) is 22.7 Å². The van der Waals surface area contributed by atoms with Gasteiger partial charge in [-0.3, -0.25) is 4.79 Å². The fourth-order valence-corrected chi connectivity index (χ4v) is 6.40. The molecule has 0 aromatic rings. The summed E-state index contributed by atoms with van der Waals surface area (Å²) in [6, 6.07) is 0. The maximum absolute atomic E-state index is 12.6. The minimum Gasteiger partial charge on any atom is -0.461 e. The molecule has 4 fully saturated rings. The molecule has 0 radical (unpaired) electrons. The molecule has 4 rings (SSSR count). The van der Waals surface area contributed by atoms with Crippen molar-refractivity contribution in [2.24, 2.45) is 22.7 Å². The number of alkyl halides is 1. The summed E-state index contributed by atoms with van der Waals surface area (Å²) in [6.07, 6.45) is 12.2. The minimum absolute atomic E-state index is 0.0208. The van der Waals surface area contributed by atoms with E-state index in [-0.39, 0.29) is 21.4 Å². The van der Waals surface area contributed by atoms with Gasteiger partial charge in [0, 0.05) is 6.54 Å². The topological polar surface area (TPSA) is 29.5 Å². The average molecular weight is 445 g/mol. The highest BCUT2D eigenvalue weighted by molar-refractivity contribution is 14.1. The third-order valence-corrected chi connectivity index (χ3v) is 9.65. The smallest absolute Gasteiger partial charge is 0.312 e. The molecule has 1 saturated heterocycles. The Balaban J connectivity index is 1.51. The number of rotatable bonds is 5. The van der Waals surface area contributed by atoms with E-state index >= 15 is 0 Å². The standard InChI is InChI=1S/C20H32INO2/c1-18(6-7-18)5-4-14-12-16-20(21,11-10-19(14)8-9-19)15(13-22(2)3)17(23)24-16/h14-16H,4-13H2,1-3H3/t14-,15-,16-,20-/m1/s1. The monoisotopic (exact) mass is 445 g/mol. The van der Waals surface area contributed by atoms with E-state index < -0.39 is 0 Å². The van der Waals surface area contributed by atoms with Gasteiger partial charge in [-0.15, -0.1) is 0 Å². The Morgan fingerprint density at radius 3 is 2.42 bits per heavy atom. The number of esters is 1. The quantitative estimate of drug-likeness (QED) is 0.357. The number of halogens is 1. The van der Waals surface area contributed by atoms with Crippen LogP contribution in [0.2, 0.25) is 0 Å². The van der Waals surface area contributed by atoms with E-state index in [1.54, 1.807) is 0 Å². The summed E-state index contributed by atoms with van der Waals surface area (Å²) in [5.74, 6) is 0.888. The Labute approximate surface area is 160 Å². The second kappa shape index (κ2) is 5.83. The normalized spacial score (nSPS) is 41.9. The van der Waals surface area contributed by atoms with E-state index in [1.165, 1.54) is 44.9 Å². The van der Waals surface area contributed by atoms with Gasteiger partial charge in [0.2, 0.25) is 0 Å². The maximum Gasteiger partial charge on any atom is 0.312 e. The Morgan fingerprint density at radius 2 is 1.83 bits per heavy atom. The lowest BCUT2D eigenvalue weighted by Crippen LogP contribution is -2.42. The Hall–Kier alpha value is 0.160. The summed E-state index contributed by atoms with van der Waals surface area (Å²) in [6.45, 7) is 3.28. The second-order valence-corrected chi connectivity index (χ2v) is 11.8. The Bertz CT molecular complexity index is 526. The highest BCUT2D eigenvalue weighted by Gasteiger charge is 2.62. The van der Waals surface area contributed by atoms with Crippen LogP contribution in [-0.4, -0.2) is 41.0 Å². The lowest BCUT2D eigenvalue weighted by atomic mass is 9.79. The van der Waals surface area contributed by atoms with Crippen molar-refractivity contribution in [3.8, 4) is 0 Å². The van der Waals surface area contributed by atoms with Crippen molar-refractivity contribution in [2.75, 3.05) is 20.6 Å². The van der Waals surface area contributed by atoms with Gasteiger partial charge in [0.15, 0.2) is 0 Å². The molecule has 1 heterocycles. The molecule has 0 bridgehead atoms. The van der Waals surface area contributed by atoms with Crippen LogP contribution in [0.3, 0.4) is 0 Å². The molecular formula is C20H32INO2. The molecule has 1 aliphatic heterocycles. The molecule has 4 heteroatoms. The van der Waals surface area contributed by atoms with Gasteiger partial charge in [0.25, 0.3) is 0 Å². The second-order valence-electron chi connectivity index (χ2n) is 9.81. The van der Waals surface area contributed by atoms with E-state index in [9.17, 15) is 4.79 Å². The number of hydrogen-bond donors (Lipinski definition) is 0. The Morgan fingerprint density at radius 1 is 1.17 bits per heavy atom. The maximum atomic E-state index is 12.6. The third kappa shape index (κ3) is 3.04. The van der Waals surface area contributed by atoms with E-state index in [1.807, 2.05) is 0 Å². The first-order chi connectivity index (χ1) is 11.3. The molecule has 4 aliphatic rings. The number of ether oxygens (including phenoxy) is 1. The van der Waals surface area contributed by atoms with E-state index in [0.29, 0.717) is 10.8 Å². The predicted octanol–water partition coefficient (Wildman–Crippen LogP) is 4.42. The lowest BCUT2D eigenvalue weighted by molar-refractivity contribution is -0.145. The summed E-state index contributed by atoms with van der Waals surface area (Å²) < 4.78 is 6.01. The molecule has 136 valence electrons. The van der Waals surface area contributed by atoms with Gasteiger partial charge >= 0.3 is 5.97 Å². The number of fused-ring (bicyclic) bond motifs is 1. The van der Waals surface area contributed by atoms with Crippen molar-refractivity contribution >= 4 is 28.6 Å². The first kappa shape index (κ1) is 17.6. The highest BCUT2D eigenvalue weighted by atomic mass is 127. The number of carbonyl (C=O) groups is 1. The van der Waals surface area contributed by atoms with Gasteiger partial charge in [-0.1, -0.05) is 29.5 Å². The third-order valence-electron chi connectivity index (χ3n) is 7.67. The number of hydrogen-bond acceptors (Lipinski definition) is 3. The fraction of sp³-hybridized carbons (Fsp3) is 0.950. The average Bonchev–Trinajstić information content (AvgIpc) is 3.42. The molecule has 1 spiro atoms. The van der Waals surface area contributed by atoms with Crippen molar-refractivity contribution in [3.63, 3.8) is 0 Å². The predicted molar refractivity (Wildman–Crippen MR) is 104 cm³/mol. The zero-order chi connectivity index (χ0) is 17.2. The zero-order valence-electron chi connectivity index (χ0n) is 15.4. The first-order valence-electron chi connectivity index (χ1n) is 9.81. The minimum atomic E-state index is 0.0208. The van der Waals surface area contributed by atoms with Gasteiger partial charge < -0.3 is 9.64 Å². The lowest BCUT2D eigenvalue weighted by Gasteiger charge is -2.31. The zero-order valence-corrected chi connectivity index (χ0v) is 17.6.